The lowest BCUT2D eigenvalue weighted by molar-refractivity contribution is 0.218. The summed E-state index contributed by atoms with van der Waals surface area (Å²) in [7, 11) is 0. The van der Waals surface area contributed by atoms with Gasteiger partial charge >= 0.3 is 0 Å². The molecule has 1 unspecified atom stereocenters. The number of nitrogen functional groups attached to an aromatic ring is 1. The second-order valence-corrected chi connectivity index (χ2v) is 7.97. The average molecular weight is 293 g/mol. The van der Waals surface area contributed by atoms with Gasteiger partial charge in [-0.2, -0.15) is 5.10 Å². The minimum absolute atomic E-state index is 0.362. The molecule has 102 valence electrons. The Morgan fingerprint density at radius 2 is 2.16 bits per heavy atom. The second kappa shape index (κ2) is 4.28. The zero-order valence-electron chi connectivity index (χ0n) is 11.5. The van der Waals surface area contributed by atoms with Gasteiger partial charge in [0.05, 0.1) is 4.70 Å². The summed E-state index contributed by atoms with van der Waals surface area (Å²) in [6, 6.07) is 0. The number of nitrogens with two attached hydrogens (primary N) is 1. The Balaban J connectivity index is 2.16. The first-order valence-corrected chi connectivity index (χ1v) is 7.89. The molecule has 0 spiro atoms. The van der Waals surface area contributed by atoms with E-state index in [9.17, 15) is 0 Å². The van der Waals surface area contributed by atoms with E-state index in [0.29, 0.717) is 11.2 Å². The number of anilines is 1. The first-order valence-electron chi connectivity index (χ1n) is 6.66. The zero-order valence-corrected chi connectivity index (χ0v) is 13.2. The predicted octanol–water partition coefficient (Wildman–Crippen LogP) is 4.09. The van der Waals surface area contributed by atoms with E-state index in [2.05, 4.69) is 31.0 Å². The molecular formula is C14H19N3S2. The van der Waals surface area contributed by atoms with E-state index in [0.717, 1.165) is 33.5 Å². The van der Waals surface area contributed by atoms with E-state index in [1.807, 2.05) is 0 Å². The van der Waals surface area contributed by atoms with Crippen molar-refractivity contribution in [2.24, 2.45) is 11.3 Å². The van der Waals surface area contributed by atoms with Gasteiger partial charge < -0.3 is 5.73 Å². The van der Waals surface area contributed by atoms with E-state index >= 15 is 0 Å². The molecule has 0 saturated heterocycles. The third kappa shape index (κ3) is 2.09. The smallest absolute Gasteiger partial charge is 0.152 e. The largest absolute Gasteiger partial charge is 0.382 e. The number of hydrogen-bond donors (Lipinski definition) is 2. The summed E-state index contributed by atoms with van der Waals surface area (Å²) in [6.07, 6.45) is 3.47. The second-order valence-electron chi connectivity index (χ2n) is 6.45. The SMILES string of the molecule is CC(C)(C)C1CCc2c(sc3c(=S)[nH]nc(N)c23)C1. The molecule has 1 aliphatic rings. The topological polar surface area (TPSA) is 54.7 Å². The lowest BCUT2D eigenvalue weighted by Gasteiger charge is -2.33. The van der Waals surface area contributed by atoms with Crippen molar-refractivity contribution in [1.29, 1.82) is 0 Å². The summed E-state index contributed by atoms with van der Waals surface area (Å²) in [5.41, 5.74) is 7.79. The average Bonchev–Trinajstić information content (AvgIpc) is 2.72. The summed E-state index contributed by atoms with van der Waals surface area (Å²) in [4.78, 5) is 1.46. The van der Waals surface area contributed by atoms with Crippen LogP contribution in [0.15, 0.2) is 0 Å². The quantitative estimate of drug-likeness (QED) is 0.719. The molecule has 0 bridgehead atoms. The summed E-state index contributed by atoms with van der Waals surface area (Å²) in [5, 5.41) is 8.06. The molecule has 2 heterocycles. The molecule has 0 aliphatic heterocycles. The third-order valence-electron chi connectivity index (χ3n) is 4.23. The van der Waals surface area contributed by atoms with Crippen LogP contribution in [-0.2, 0) is 12.8 Å². The van der Waals surface area contributed by atoms with Gasteiger partial charge in [0.25, 0.3) is 0 Å². The summed E-state index contributed by atoms with van der Waals surface area (Å²) >= 11 is 7.15. The molecule has 0 radical (unpaired) electrons. The molecule has 0 saturated carbocycles. The molecule has 19 heavy (non-hydrogen) atoms. The lowest BCUT2D eigenvalue weighted by Crippen LogP contribution is -2.26. The van der Waals surface area contributed by atoms with E-state index < -0.39 is 0 Å². The molecule has 2 aromatic heterocycles. The minimum atomic E-state index is 0.362. The predicted molar refractivity (Wildman–Crippen MR) is 84.2 cm³/mol. The van der Waals surface area contributed by atoms with Gasteiger partial charge in [0.1, 0.15) is 4.64 Å². The van der Waals surface area contributed by atoms with Crippen LogP contribution in [0, 0.1) is 16.0 Å². The monoisotopic (exact) mass is 293 g/mol. The van der Waals surface area contributed by atoms with Gasteiger partial charge in [-0.15, -0.1) is 11.3 Å². The summed E-state index contributed by atoms with van der Waals surface area (Å²) in [5.74, 6) is 1.33. The Hall–Kier alpha value is -0.940. The lowest BCUT2D eigenvalue weighted by atomic mass is 9.72. The van der Waals surface area contributed by atoms with Crippen LogP contribution in [0.1, 0.15) is 37.6 Å². The number of nitrogens with one attached hydrogen (secondary N) is 1. The molecule has 0 amide bonds. The van der Waals surface area contributed by atoms with Gasteiger partial charge in [0.15, 0.2) is 5.82 Å². The van der Waals surface area contributed by atoms with Crippen LogP contribution in [0.4, 0.5) is 5.82 Å². The first-order chi connectivity index (χ1) is 8.88. The van der Waals surface area contributed by atoms with E-state index in [4.69, 9.17) is 18.0 Å². The van der Waals surface area contributed by atoms with Crippen molar-refractivity contribution < 1.29 is 0 Å². The number of rotatable bonds is 0. The molecule has 3 rings (SSSR count). The molecule has 1 atom stereocenters. The van der Waals surface area contributed by atoms with Crippen molar-refractivity contribution in [2.45, 2.75) is 40.0 Å². The van der Waals surface area contributed by atoms with E-state index in [1.54, 1.807) is 11.3 Å². The van der Waals surface area contributed by atoms with Crippen molar-refractivity contribution in [1.82, 2.24) is 10.2 Å². The highest BCUT2D eigenvalue weighted by atomic mass is 32.1. The van der Waals surface area contributed by atoms with Gasteiger partial charge in [-0.05, 0) is 36.2 Å². The number of thiophene rings is 1. The fourth-order valence-electron chi connectivity index (χ4n) is 2.97. The molecular weight excluding hydrogens is 274 g/mol. The Kier molecular flexibility index (Phi) is 2.94. The van der Waals surface area contributed by atoms with Crippen molar-refractivity contribution in [3.05, 3.63) is 15.1 Å². The molecule has 3 nitrogen and oxygen atoms in total. The van der Waals surface area contributed by atoms with Gasteiger partial charge in [-0.1, -0.05) is 33.0 Å². The van der Waals surface area contributed by atoms with Gasteiger partial charge in [0.2, 0.25) is 0 Å². The van der Waals surface area contributed by atoms with Crippen LogP contribution in [0.5, 0.6) is 0 Å². The Labute approximate surface area is 122 Å². The Morgan fingerprint density at radius 3 is 2.84 bits per heavy atom. The first kappa shape index (κ1) is 13.1. The standard InChI is InChI=1S/C14H19N3S2/c1-14(2,3)7-4-5-8-9(6-7)19-11-10(8)12(15)16-17-13(11)18/h7H,4-6H2,1-3H3,(H2,15,16)(H,17,18). The normalized spacial score (nSPS) is 19.6. The van der Waals surface area contributed by atoms with Gasteiger partial charge in [0, 0.05) is 10.3 Å². The fraction of sp³-hybridized carbons (Fsp3) is 0.571. The van der Waals surface area contributed by atoms with Crippen molar-refractivity contribution in [3.8, 4) is 0 Å². The molecule has 5 heteroatoms. The molecule has 0 fully saturated rings. The van der Waals surface area contributed by atoms with Crippen LogP contribution in [0.25, 0.3) is 10.1 Å². The number of nitrogens with zero attached hydrogens (tertiary/aromatic N) is 1. The maximum Gasteiger partial charge on any atom is 0.152 e. The fourth-order valence-corrected chi connectivity index (χ4v) is 4.57. The van der Waals surface area contributed by atoms with Crippen LogP contribution < -0.4 is 5.73 Å². The van der Waals surface area contributed by atoms with Crippen molar-refractivity contribution in [2.75, 3.05) is 5.73 Å². The minimum Gasteiger partial charge on any atom is -0.382 e. The van der Waals surface area contributed by atoms with Crippen LogP contribution in [0.2, 0.25) is 0 Å². The van der Waals surface area contributed by atoms with E-state index in [-0.39, 0.29) is 0 Å². The molecule has 3 N–H and O–H groups in total. The maximum absolute atomic E-state index is 6.03. The van der Waals surface area contributed by atoms with E-state index in [1.165, 1.54) is 16.9 Å². The molecule has 2 aromatic rings. The molecule has 1 aliphatic carbocycles. The van der Waals surface area contributed by atoms with Crippen LogP contribution >= 0.6 is 23.6 Å². The number of aryl methyl sites for hydroxylation is 1. The third-order valence-corrected chi connectivity index (χ3v) is 5.93. The number of H-pyrrole nitrogens is 1. The highest BCUT2D eigenvalue weighted by Gasteiger charge is 2.31. The molecule has 0 aromatic carbocycles. The van der Waals surface area contributed by atoms with Crippen molar-refractivity contribution in [3.63, 3.8) is 0 Å². The Bertz CT molecular complexity index is 691. The Morgan fingerprint density at radius 1 is 1.42 bits per heavy atom. The number of hydrogen-bond acceptors (Lipinski definition) is 4. The number of fused-ring (bicyclic) bond motifs is 3. The highest BCUT2D eigenvalue weighted by Crippen LogP contribution is 2.44. The maximum atomic E-state index is 6.03. The summed E-state index contributed by atoms with van der Waals surface area (Å²) in [6.45, 7) is 6.99. The van der Waals surface area contributed by atoms with Gasteiger partial charge in [-0.3, -0.25) is 5.10 Å². The van der Waals surface area contributed by atoms with Crippen LogP contribution in [0.3, 0.4) is 0 Å². The zero-order chi connectivity index (χ0) is 13.8. The van der Waals surface area contributed by atoms with Gasteiger partial charge in [-0.25, -0.2) is 0 Å². The van der Waals surface area contributed by atoms with Crippen molar-refractivity contribution >= 4 is 39.5 Å². The number of aromatic amines is 1. The highest BCUT2D eigenvalue weighted by molar-refractivity contribution is 7.71. The summed E-state index contributed by atoms with van der Waals surface area (Å²) < 4.78 is 1.83. The van der Waals surface area contributed by atoms with Crippen LogP contribution in [-0.4, -0.2) is 10.2 Å². The number of aromatic nitrogens is 2.